The summed E-state index contributed by atoms with van der Waals surface area (Å²) in [5.74, 6) is 0.597. The fourth-order valence-electron chi connectivity index (χ4n) is 1.94. The van der Waals surface area contributed by atoms with Crippen LogP contribution in [0.25, 0.3) is 0 Å². The minimum atomic E-state index is -0.630. The van der Waals surface area contributed by atoms with Gasteiger partial charge < -0.3 is 9.67 Å². The van der Waals surface area contributed by atoms with Crippen molar-refractivity contribution < 1.29 is 5.11 Å². The maximum absolute atomic E-state index is 10.2. The van der Waals surface area contributed by atoms with Crippen molar-refractivity contribution >= 4 is 11.6 Å². The van der Waals surface area contributed by atoms with E-state index in [4.69, 9.17) is 11.6 Å². The second-order valence-corrected chi connectivity index (χ2v) is 4.78. The van der Waals surface area contributed by atoms with Gasteiger partial charge in [0.15, 0.2) is 0 Å². The summed E-state index contributed by atoms with van der Waals surface area (Å²) in [7, 11) is 1.80. The number of aryl methyl sites for hydroxylation is 1. The zero-order valence-corrected chi connectivity index (χ0v) is 11.4. The lowest BCUT2D eigenvalue weighted by Crippen LogP contribution is -2.08. The summed E-state index contributed by atoms with van der Waals surface area (Å²) in [4.78, 5) is 4.13. The van der Waals surface area contributed by atoms with E-state index in [1.54, 1.807) is 17.8 Å². The van der Waals surface area contributed by atoms with Crippen molar-refractivity contribution in [3.8, 4) is 0 Å². The largest absolute Gasteiger partial charge is 0.385 e. The molecular weight excluding hydrogens is 248 g/mol. The molecule has 1 unspecified atom stereocenters. The number of aliphatic hydroxyl groups excluding tert-OH is 1. The van der Waals surface area contributed by atoms with Crippen LogP contribution in [-0.2, 0) is 19.9 Å². The van der Waals surface area contributed by atoms with Crippen molar-refractivity contribution in [2.45, 2.75) is 25.9 Å². The molecule has 1 N–H and O–H groups in total. The van der Waals surface area contributed by atoms with Crippen LogP contribution in [0.4, 0.5) is 0 Å². The Morgan fingerprint density at radius 3 is 2.39 bits per heavy atom. The van der Waals surface area contributed by atoms with Crippen molar-refractivity contribution in [2.24, 2.45) is 7.05 Å². The number of aliphatic hydroxyl groups is 1. The number of benzene rings is 1. The molecule has 0 bridgehead atoms. The Kier molecular flexibility index (Phi) is 4.04. The van der Waals surface area contributed by atoms with Gasteiger partial charge in [0.05, 0.1) is 6.20 Å². The van der Waals surface area contributed by atoms with E-state index in [1.807, 2.05) is 12.1 Å². The standard InChI is InChI=1S/C14H17ClN2O/c1-3-10-4-6-11(7-5-10)8-12(18)14-16-9-13(15)17(14)2/h4-7,9,12,18H,3,8H2,1-2H3. The molecule has 0 fully saturated rings. The van der Waals surface area contributed by atoms with Crippen LogP contribution in [0, 0.1) is 0 Å². The molecule has 0 spiro atoms. The Morgan fingerprint density at radius 1 is 1.28 bits per heavy atom. The van der Waals surface area contributed by atoms with Gasteiger partial charge in [-0.2, -0.15) is 0 Å². The average molecular weight is 265 g/mol. The first-order chi connectivity index (χ1) is 8.61. The van der Waals surface area contributed by atoms with E-state index in [2.05, 4.69) is 24.0 Å². The highest BCUT2D eigenvalue weighted by Crippen LogP contribution is 2.20. The van der Waals surface area contributed by atoms with Gasteiger partial charge >= 0.3 is 0 Å². The van der Waals surface area contributed by atoms with Gasteiger partial charge in [0, 0.05) is 13.5 Å². The monoisotopic (exact) mass is 264 g/mol. The lowest BCUT2D eigenvalue weighted by molar-refractivity contribution is 0.165. The highest BCUT2D eigenvalue weighted by atomic mass is 35.5. The number of aromatic nitrogens is 2. The predicted octanol–water partition coefficient (Wildman–Crippen LogP) is 2.91. The lowest BCUT2D eigenvalue weighted by Gasteiger charge is -2.11. The lowest BCUT2D eigenvalue weighted by atomic mass is 10.0. The van der Waals surface area contributed by atoms with Crippen LogP contribution in [0.15, 0.2) is 30.5 Å². The van der Waals surface area contributed by atoms with Crippen molar-refractivity contribution in [1.29, 1.82) is 0 Å². The van der Waals surface area contributed by atoms with Crippen LogP contribution in [-0.4, -0.2) is 14.7 Å². The number of imidazole rings is 1. The van der Waals surface area contributed by atoms with E-state index in [-0.39, 0.29) is 0 Å². The first-order valence-electron chi connectivity index (χ1n) is 6.04. The third-order valence-corrected chi connectivity index (χ3v) is 3.48. The SMILES string of the molecule is CCc1ccc(CC(O)c2ncc(Cl)n2C)cc1. The van der Waals surface area contributed by atoms with E-state index >= 15 is 0 Å². The summed E-state index contributed by atoms with van der Waals surface area (Å²) in [6.45, 7) is 2.12. The first-order valence-corrected chi connectivity index (χ1v) is 6.42. The molecule has 0 saturated carbocycles. The molecule has 1 aromatic carbocycles. The molecular formula is C14H17ClN2O. The molecule has 1 heterocycles. The highest BCUT2D eigenvalue weighted by Gasteiger charge is 2.15. The van der Waals surface area contributed by atoms with E-state index < -0.39 is 6.10 Å². The van der Waals surface area contributed by atoms with Crippen LogP contribution >= 0.6 is 11.6 Å². The molecule has 1 atom stereocenters. The number of halogens is 1. The van der Waals surface area contributed by atoms with Gasteiger partial charge in [0.25, 0.3) is 0 Å². The Balaban J connectivity index is 2.11. The second kappa shape index (κ2) is 5.55. The summed E-state index contributed by atoms with van der Waals surface area (Å²) in [5, 5.41) is 10.7. The maximum Gasteiger partial charge on any atom is 0.138 e. The summed E-state index contributed by atoms with van der Waals surface area (Å²) in [6.07, 6.45) is 2.50. The molecule has 4 heteroatoms. The molecule has 1 aromatic heterocycles. The van der Waals surface area contributed by atoms with Crippen LogP contribution in [0.3, 0.4) is 0 Å². The zero-order chi connectivity index (χ0) is 13.1. The molecule has 0 saturated heterocycles. The quantitative estimate of drug-likeness (QED) is 0.922. The molecule has 3 nitrogen and oxygen atoms in total. The first kappa shape index (κ1) is 13.1. The van der Waals surface area contributed by atoms with Gasteiger partial charge in [0.2, 0.25) is 0 Å². The highest BCUT2D eigenvalue weighted by molar-refractivity contribution is 6.29. The smallest absolute Gasteiger partial charge is 0.138 e. The van der Waals surface area contributed by atoms with E-state index in [1.165, 1.54) is 5.56 Å². The van der Waals surface area contributed by atoms with Crippen molar-refractivity contribution in [3.63, 3.8) is 0 Å². The topological polar surface area (TPSA) is 38.1 Å². The normalized spacial score (nSPS) is 12.7. The van der Waals surface area contributed by atoms with Gasteiger partial charge in [-0.25, -0.2) is 4.98 Å². The van der Waals surface area contributed by atoms with E-state index in [0.29, 0.717) is 17.4 Å². The molecule has 0 radical (unpaired) electrons. The zero-order valence-electron chi connectivity index (χ0n) is 10.6. The van der Waals surface area contributed by atoms with Gasteiger partial charge in [0.1, 0.15) is 17.1 Å². The van der Waals surface area contributed by atoms with Gasteiger partial charge in [-0.15, -0.1) is 0 Å². The van der Waals surface area contributed by atoms with Crippen LogP contribution < -0.4 is 0 Å². The predicted molar refractivity (Wildman–Crippen MR) is 72.7 cm³/mol. The summed E-state index contributed by atoms with van der Waals surface area (Å²) in [6, 6.07) is 8.28. The van der Waals surface area contributed by atoms with Crippen molar-refractivity contribution in [3.05, 3.63) is 52.6 Å². The van der Waals surface area contributed by atoms with E-state index in [0.717, 1.165) is 12.0 Å². The Hall–Kier alpha value is -1.32. The van der Waals surface area contributed by atoms with Gasteiger partial charge in [-0.1, -0.05) is 42.8 Å². The summed E-state index contributed by atoms with van der Waals surface area (Å²) >= 11 is 5.91. The van der Waals surface area contributed by atoms with Crippen LogP contribution in [0.2, 0.25) is 5.15 Å². The third-order valence-electron chi connectivity index (χ3n) is 3.13. The molecule has 96 valence electrons. The second-order valence-electron chi connectivity index (χ2n) is 4.39. The Morgan fingerprint density at radius 2 is 1.89 bits per heavy atom. The van der Waals surface area contributed by atoms with Crippen molar-refractivity contribution in [2.75, 3.05) is 0 Å². The average Bonchev–Trinajstić information content (AvgIpc) is 2.71. The molecule has 2 rings (SSSR count). The Labute approximate surface area is 112 Å². The van der Waals surface area contributed by atoms with Crippen LogP contribution in [0.1, 0.15) is 30.0 Å². The summed E-state index contributed by atoms with van der Waals surface area (Å²) in [5.41, 5.74) is 2.40. The summed E-state index contributed by atoms with van der Waals surface area (Å²) < 4.78 is 1.70. The van der Waals surface area contributed by atoms with E-state index in [9.17, 15) is 5.11 Å². The number of nitrogens with zero attached hydrogens (tertiary/aromatic N) is 2. The fraction of sp³-hybridized carbons (Fsp3) is 0.357. The third kappa shape index (κ3) is 2.74. The molecule has 0 amide bonds. The minimum absolute atomic E-state index is 0.533. The minimum Gasteiger partial charge on any atom is -0.385 e. The molecule has 0 aliphatic rings. The fourth-order valence-corrected chi connectivity index (χ4v) is 2.07. The number of hydrogen-bond acceptors (Lipinski definition) is 2. The van der Waals surface area contributed by atoms with Crippen molar-refractivity contribution in [1.82, 2.24) is 9.55 Å². The Bertz CT molecular complexity index is 519. The van der Waals surface area contributed by atoms with Gasteiger partial charge in [-0.05, 0) is 17.5 Å². The van der Waals surface area contributed by atoms with Crippen LogP contribution in [0.5, 0.6) is 0 Å². The number of hydrogen-bond donors (Lipinski definition) is 1. The molecule has 18 heavy (non-hydrogen) atoms. The number of rotatable bonds is 4. The maximum atomic E-state index is 10.2. The molecule has 0 aliphatic heterocycles. The van der Waals surface area contributed by atoms with Gasteiger partial charge in [-0.3, -0.25) is 0 Å². The molecule has 2 aromatic rings. The molecule has 0 aliphatic carbocycles.